The van der Waals surface area contributed by atoms with Crippen molar-refractivity contribution in [2.24, 2.45) is 0 Å². The lowest BCUT2D eigenvalue weighted by Crippen LogP contribution is -2.39. The van der Waals surface area contributed by atoms with Gasteiger partial charge in [-0.1, -0.05) is 19.4 Å². The van der Waals surface area contributed by atoms with Crippen LogP contribution in [-0.2, 0) is 4.79 Å². The van der Waals surface area contributed by atoms with Crippen LogP contribution in [-0.4, -0.2) is 23.4 Å². The van der Waals surface area contributed by atoms with Gasteiger partial charge in [0.15, 0.2) is 0 Å². The third kappa shape index (κ3) is 4.45. The molecule has 0 aliphatic rings. The number of hydrogen-bond donors (Lipinski definition) is 0. The maximum absolute atomic E-state index is 11.4. The van der Waals surface area contributed by atoms with E-state index in [2.05, 4.69) is 20.4 Å². The average molecular weight is 197 g/mol. The maximum atomic E-state index is 11.4. The van der Waals surface area contributed by atoms with E-state index in [0.717, 1.165) is 31.4 Å². The molecule has 82 valence electrons. The monoisotopic (exact) mass is 197 g/mol. The number of hydrogen-bond acceptors (Lipinski definition) is 1. The van der Waals surface area contributed by atoms with E-state index >= 15 is 0 Å². The molecular weight excluding hydrogens is 174 g/mol. The maximum Gasteiger partial charge on any atom is 0.219 e. The van der Waals surface area contributed by atoms with Crippen molar-refractivity contribution in [3.8, 4) is 0 Å². The fraction of sp³-hybridized carbons (Fsp3) is 0.750. The van der Waals surface area contributed by atoms with Crippen LogP contribution in [0.1, 0.15) is 47.0 Å². The second-order valence-corrected chi connectivity index (χ2v) is 3.94. The molecule has 0 saturated heterocycles. The van der Waals surface area contributed by atoms with Crippen molar-refractivity contribution in [2.45, 2.75) is 53.0 Å². The Morgan fingerprint density at radius 3 is 2.21 bits per heavy atom. The van der Waals surface area contributed by atoms with E-state index in [0.29, 0.717) is 6.04 Å². The minimum absolute atomic E-state index is 0.181. The Bertz CT molecular complexity index is 198. The van der Waals surface area contributed by atoms with Gasteiger partial charge in [-0.2, -0.15) is 0 Å². The molecule has 0 aromatic heterocycles. The van der Waals surface area contributed by atoms with Crippen molar-refractivity contribution >= 4 is 5.91 Å². The zero-order valence-corrected chi connectivity index (χ0v) is 9.97. The van der Waals surface area contributed by atoms with Crippen LogP contribution in [0.15, 0.2) is 12.2 Å². The molecule has 1 atom stereocenters. The first-order valence-corrected chi connectivity index (χ1v) is 5.44. The summed E-state index contributed by atoms with van der Waals surface area (Å²) >= 11 is 0. The van der Waals surface area contributed by atoms with Gasteiger partial charge in [0.05, 0.1) is 0 Å². The SMILES string of the molecule is C=C(C)C[C@@H](CC)N(CCC)C(C)=O. The van der Waals surface area contributed by atoms with Crippen LogP contribution in [0.2, 0.25) is 0 Å². The molecule has 2 heteroatoms. The summed E-state index contributed by atoms with van der Waals surface area (Å²) in [6.45, 7) is 12.7. The van der Waals surface area contributed by atoms with Crippen LogP contribution in [0.3, 0.4) is 0 Å². The van der Waals surface area contributed by atoms with Gasteiger partial charge in [0.2, 0.25) is 5.91 Å². The van der Waals surface area contributed by atoms with Gasteiger partial charge in [0.1, 0.15) is 0 Å². The van der Waals surface area contributed by atoms with Gasteiger partial charge in [-0.05, 0) is 26.2 Å². The summed E-state index contributed by atoms with van der Waals surface area (Å²) < 4.78 is 0. The fourth-order valence-electron chi connectivity index (χ4n) is 1.72. The lowest BCUT2D eigenvalue weighted by molar-refractivity contribution is -0.131. The molecule has 14 heavy (non-hydrogen) atoms. The van der Waals surface area contributed by atoms with Crippen LogP contribution < -0.4 is 0 Å². The van der Waals surface area contributed by atoms with E-state index in [1.54, 1.807) is 6.92 Å². The van der Waals surface area contributed by atoms with Gasteiger partial charge >= 0.3 is 0 Å². The zero-order valence-electron chi connectivity index (χ0n) is 9.97. The number of nitrogens with zero attached hydrogens (tertiary/aromatic N) is 1. The van der Waals surface area contributed by atoms with E-state index in [1.165, 1.54) is 0 Å². The van der Waals surface area contributed by atoms with Crippen molar-refractivity contribution in [3.63, 3.8) is 0 Å². The van der Waals surface area contributed by atoms with Crippen LogP contribution in [0.5, 0.6) is 0 Å². The molecule has 2 nitrogen and oxygen atoms in total. The number of rotatable bonds is 6. The third-order valence-electron chi connectivity index (χ3n) is 2.37. The molecule has 0 aromatic rings. The molecule has 0 N–H and O–H groups in total. The van der Waals surface area contributed by atoms with Gasteiger partial charge in [-0.15, -0.1) is 6.58 Å². The molecule has 0 bridgehead atoms. The second kappa shape index (κ2) is 6.63. The van der Waals surface area contributed by atoms with Crippen molar-refractivity contribution in [3.05, 3.63) is 12.2 Å². The van der Waals surface area contributed by atoms with Gasteiger partial charge in [-0.3, -0.25) is 4.79 Å². The molecule has 0 radical (unpaired) electrons. The Balaban J connectivity index is 4.40. The molecule has 1 amide bonds. The molecule has 0 spiro atoms. The minimum atomic E-state index is 0.181. The molecule has 0 aliphatic heterocycles. The quantitative estimate of drug-likeness (QED) is 0.599. The normalized spacial score (nSPS) is 12.3. The number of carbonyl (C=O) groups is 1. The highest BCUT2D eigenvalue weighted by Crippen LogP contribution is 2.14. The first-order chi connectivity index (χ1) is 6.52. The van der Waals surface area contributed by atoms with Crippen molar-refractivity contribution < 1.29 is 4.79 Å². The van der Waals surface area contributed by atoms with Crippen LogP contribution in [0, 0.1) is 0 Å². The lowest BCUT2D eigenvalue weighted by Gasteiger charge is -2.30. The standard InChI is InChI=1S/C12H23NO/c1-6-8-13(11(5)14)12(7-2)9-10(3)4/h12H,3,6-9H2,1-2,4-5H3/t12-/m1/s1. The summed E-state index contributed by atoms with van der Waals surface area (Å²) in [5.41, 5.74) is 1.15. The first-order valence-electron chi connectivity index (χ1n) is 5.44. The molecule has 0 rings (SSSR count). The van der Waals surface area contributed by atoms with Crippen LogP contribution in [0.25, 0.3) is 0 Å². The minimum Gasteiger partial charge on any atom is -0.340 e. The number of carbonyl (C=O) groups excluding carboxylic acids is 1. The molecular formula is C12H23NO. The van der Waals surface area contributed by atoms with E-state index in [1.807, 2.05) is 11.8 Å². The average Bonchev–Trinajstić information content (AvgIpc) is 2.10. The summed E-state index contributed by atoms with van der Waals surface area (Å²) in [5, 5.41) is 0. The summed E-state index contributed by atoms with van der Waals surface area (Å²) in [5.74, 6) is 0.181. The van der Waals surface area contributed by atoms with Crippen LogP contribution in [0.4, 0.5) is 0 Å². The summed E-state index contributed by atoms with van der Waals surface area (Å²) in [7, 11) is 0. The highest BCUT2D eigenvalue weighted by Gasteiger charge is 2.17. The molecule has 0 aromatic carbocycles. The van der Waals surface area contributed by atoms with Crippen molar-refractivity contribution in [1.82, 2.24) is 4.90 Å². The predicted octanol–water partition coefficient (Wildman–Crippen LogP) is 2.99. The van der Waals surface area contributed by atoms with Crippen molar-refractivity contribution in [2.75, 3.05) is 6.54 Å². The van der Waals surface area contributed by atoms with E-state index < -0.39 is 0 Å². The van der Waals surface area contributed by atoms with Crippen LogP contribution >= 0.6 is 0 Å². The molecule has 0 aliphatic carbocycles. The summed E-state index contributed by atoms with van der Waals surface area (Å²) in [6, 6.07) is 0.338. The Hall–Kier alpha value is -0.790. The van der Waals surface area contributed by atoms with Gasteiger partial charge in [0.25, 0.3) is 0 Å². The summed E-state index contributed by atoms with van der Waals surface area (Å²) in [4.78, 5) is 13.4. The Labute approximate surface area is 88.0 Å². The molecule has 0 saturated carbocycles. The predicted molar refractivity (Wildman–Crippen MR) is 61.2 cm³/mol. The third-order valence-corrected chi connectivity index (χ3v) is 2.37. The van der Waals surface area contributed by atoms with Gasteiger partial charge in [0, 0.05) is 19.5 Å². The topological polar surface area (TPSA) is 20.3 Å². The Kier molecular flexibility index (Phi) is 6.26. The van der Waals surface area contributed by atoms with E-state index in [4.69, 9.17) is 0 Å². The van der Waals surface area contributed by atoms with E-state index in [-0.39, 0.29) is 5.91 Å². The molecule has 0 unspecified atom stereocenters. The van der Waals surface area contributed by atoms with Crippen molar-refractivity contribution in [1.29, 1.82) is 0 Å². The van der Waals surface area contributed by atoms with Gasteiger partial charge in [-0.25, -0.2) is 0 Å². The van der Waals surface area contributed by atoms with Gasteiger partial charge < -0.3 is 4.90 Å². The van der Waals surface area contributed by atoms with E-state index in [9.17, 15) is 4.79 Å². The highest BCUT2D eigenvalue weighted by atomic mass is 16.2. The molecule has 0 fully saturated rings. The fourth-order valence-corrected chi connectivity index (χ4v) is 1.72. The Morgan fingerprint density at radius 2 is 1.93 bits per heavy atom. The largest absolute Gasteiger partial charge is 0.340 e. The Morgan fingerprint density at radius 1 is 1.36 bits per heavy atom. The summed E-state index contributed by atoms with van der Waals surface area (Å²) in [6.07, 6.45) is 2.95. The number of amides is 1. The first kappa shape index (κ1) is 13.2. The smallest absolute Gasteiger partial charge is 0.219 e. The highest BCUT2D eigenvalue weighted by molar-refractivity contribution is 5.73. The molecule has 0 heterocycles. The lowest BCUT2D eigenvalue weighted by atomic mass is 10.0. The zero-order chi connectivity index (χ0) is 11.1. The second-order valence-electron chi connectivity index (χ2n) is 3.94.